The Kier molecular flexibility index (Phi) is 4.14. The zero-order valence-electron chi connectivity index (χ0n) is 14.3. The van der Waals surface area contributed by atoms with Gasteiger partial charge in [-0.15, -0.1) is 11.3 Å². The highest BCUT2D eigenvalue weighted by Gasteiger charge is 2.18. The van der Waals surface area contributed by atoms with Crippen LogP contribution in [0.5, 0.6) is 0 Å². The first kappa shape index (κ1) is 16.3. The Bertz CT molecular complexity index is 1050. The predicted octanol–water partition coefficient (Wildman–Crippen LogP) is 4.46. The highest BCUT2D eigenvalue weighted by atomic mass is 32.1. The van der Waals surface area contributed by atoms with E-state index in [9.17, 15) is 4.79 Å². The van der Waals surface area contributed by atoms with Crippen molar-refractivity contribution in [3.63, 3.8) is 0 Å². The fourth-order valence-corrected chi connectivity index (χ4v) is 3.48. The van der Waals surface area contributed by atoms with Gasteiger partial charge in [0, 0.05) is 5.38 Å². The van der Waals surface area contributed by atoms with Crippen molar-refractivity contribution in [1.82, 2.24) is 14.8 Å². The molecule has 0 aliphatic heterocycles. The van der Waals surface area contributed by atoms with E-state index in [1.54, 1.807) is 17.7 Å². The molecule has 1 N–H and O–H groups in total. The molecule has 0 aliphatic carbocycles. The van der Waals surface area contributed by atoms with Crippen molar-refractivity contribution in [2.45, 2.75) is 13.8 Å². The highest BCUT2D eigenvalue weighted by Crippen LogP contribution is 2.26. The van der Waals surface area contributed by atoms with E-state index in [0.717, 1.165) is 17.1 Å². The number of thiazole rings is 1. The molecule has 1 amide bonds. The summed E-state index contributed by atoms with van der Waals surface area (Å²) in [7, 11) is 0. The van der Waals surface area contributed by atoms with E-state index in [1.807, 2.05) is 54.9 Å². The van der Waals surface area contributed by atoms with Crippen LogP contribution in [0.3, 0.4) is 0 Å². The Morgan fingerprint density at radius 3 is 2.69 bits per heavy atom. The van der Waals surface area contributed by atoms with Gasteiger partial charge in [-0.3, -0.25) is 4.79 Å². The molecule has 0 atom stereocenters. The number of nitrogens with one attached hydrogen (secondary N) is 1. The summed E-state index contributed by atoms with van der Waals surface area (Å²) in [6.45, 7) is 3.80. The average Bonchev–Trinajstić information content (AvgIpc) is 3.39. The van der Waals surface area contributed by atoms with Crippen LogP contribution in [-0.4, -0.2) is 20.7 Å². The van der Waals surface area contributed by atoms with Crippen molar-refractivity contribution in [2.75, 3.05) is 5.32 Å². The molecule has 0 aliphatic rings. The van der Waals surface area contributed by atoms with Gasteiger partial charge in [0.25, 0.3) is 5.91 Å². The summed E-state index contributed by atoms with van der Waals surface area (Å²) < 4.78 is 7.14. The molecule has 7 heteroatoms. The third kappa shape index (κ3) is 2.93. The van der Waals surface area contributed by atoms with E-state index in [1.165, 1.54) is 11.3 Å². The van der Waals surface area contributed by atoms with Gasteiger partial charge in [0.1, 0.15) is 5.69 Å². The monoisotopic (exact) mass is 364 g/mol. The maximum Gasteiger partial charge on any atom is 0.275 e. The van der Waals surface area contributed by atoms with Gasteiger partial charge < -0.3 is 9.73 Å². The summed E-state index contributed by atoms with van der Waals surface area (Å²) in [4.78, 5) is 17.0. The number of para-hydroxylation sites is 1. The highest BCUT2D eigenvalue weighted by molar-refractivity contribution is 7.13. The van der Waals surface area contributed by atoms with Gasteiger partial charge in [0.15, 0.2) is 10.8 Å². The molecular weight excluding hydrogens is 348 g/mol. The van der Waals surface area contributed by atoms with Crippen LogP contribution in [0.4, 0.5) is 5.69 Å². The Labute approximate surface area is 154 Å². The van der Waals surface area contributed by atoms with E-state index < -0.39 is 0 Å². The van der Waals surface area contributed by atoms with Crippen LogP contribution in [0.1, 0.15) is 21.9 Å². The van der Waals surface area contributed by atoms with Gasteiger partial charge in [-0.25, -0.2) is 9.67 Å². The number of hydrogen-bond donors (Lipinski definition) is 1. The fourth-order valence-electron chi connectivity index (χ4n) is 2.71. The van der Waals surface area contributed by atoms with E-state index in [-0.39, 0.29) is 5.91 Å². The largest absolute Gasteiger partial charge is 0.462 e. The molecule has 6 nitrogen and oxygen atoms in total. The molecule has 0 spiro atoms. The number of aromatic nitrogens is 3. The van der Waals surface area contributed by atoms with Crippen LogP contribution in [0.25, 0.3) is 16.5 Å². The Morgan fingerprint density at radius 2 is 1.96 bits per heavy atom. The fraction of sp³-hybridized carbons (Fsp3) is 0.105. The summed E-state index contributed by atoms with van der Waals surface area (Å²) in [6, 6.07) is 13.4. The summed E-state index contributed by atoms with van der Waals surface area (Å²) in [6.07, 6.45) is 1.58. The van der Waals surface area contributed by atoms with Crippen molar-refractivity contribution in [2.24, 2.45) is 0 Å². The van der Waals surface area contributed by atoms with E-state index >= 15 is 0 Å². The Balaban J connectivity index is 1.60. The molecule has 4 aromatic rings. The maximum absolute atomic E-state index is 12.6. The molecular formula is C19H16N4O2S. The maximum atomic E-state index is 12.6. The summed E-state index contributed by atoms with van der Waals surface area (Å²) in [5, 5.41) is 9.87. The van der Waals surface area contributed by atoms with Crippen molar-refractivity contribution >= 4 is 22.9 Å². The minimum atomic E-state index is -0.266. The number of furan rings is 1. The van der Waals surface area contributed by atoms with Crippen LogP contribution < -0.4 is 5.32 Å². The Morgan fingerprint density at radius 1 is 1.15 bits per heavy atom. The standard InChI is InChI=1S/C19H16N4O2S/c1-12-17(13(2)23(22-12)14-7-4-3-5-8-14)21-18(24)15-11-26-19(20-15)16-9-6-10-25-16/h3-11H,1-2H3,(H,21,24). The average molecular weight is 364 g/mol. The molecule has 0 unspecified atom stereocenters. The first-order valence-corrected chi connectivity index (χ1v) is 8.94. The van der Waals surface area contributed by atoms with Crippen LogP contribution in [0.2, 0.25) is 0 Å². The van der Waals surface area contributed by atoms with Gasteiger partial charge in [-0.05, 0) is 38.1 Å². The zero-order valence-corrected chi connectivity index (χ0v) is 15.1. The number of carbonyl (C=O) groups excluding carboxylic acids is 1. The first-order valence-electron chi connectivity index (χ1n) is 8.06. The van der Waals surface area contributed by atoms with Crippen LogP contribution >= 0.6 is 11.3 Å². The predicted molar refractivity (Wildman–Crippen MR) is 101 cm³/mol. The van der Waals surface area contributed by atoms with Crippen LogP contribution in [0, 0.1) is 13.8 Å². The number of aryl methyl sites for hydroxylation is 1. The molecule has 26 heavy (non-hydrogen) atoms. The van der Waals surface area contributed by atoms with Crippen molar-refractivity contribution in [1.29, 1.82) is 0 Å². The topological polar surface area (TPSA) is 73.0 Å². The van der Waals surface area contributed by atoms with Gasteiger partial charge in [-0.1, -0.05) is 18.2 Å². The molecule has 3 heterocycles. The third-order valence-corrected chi connectivity index (χ3v) is 4.86. The normalized spacial score (nSPS) is 10.8. The van der Waals surface area contributed by atoms with E-state index in [2.05, 4.69) is 15.4 Å². The van der Waals surface area contributed by atoms with Gasteiger partial charge in [0.05, 0.1) is 29.0 Å². The van der Waals surface area contributed by atoms with Crippen molar-refractivity contribution < 1.29 is 9.21 Å². The molecule has 0 bridgehead atoms. The molecule has 3 aromatic heterocycles. The first-order chi connectivity index (χ1) is 12.6. The minimum Gasteiger partial charge on any atom is -0.462 e. The number of hydrogen-bond acceptors (Lipinski definition) is 5. The lowest BCUT2D eigenvalue weighted by atomic mass is 10.3. The van der Waals surface area contributed by atoms with Gasteiger partial charge in [0.2, 0.25) is 0 Å². The second-order valence-electron chi connectivity index (χ2n) is 5.76. The van der Waals surface area contributed by atoms with E-state index in [4.69, 9.17) is 4.42 Å². The number of rotatable bonds is 4. The minimum absolute atomic E-state index is 0.266. The SMILES string of the molecule is Cc1nn(-c2ccccc2)c(C)c1NC(=O)c1csc(-c2ccco2)n1. The molecule has 1 aromatic carbocycles. The van der Waals surface area contributed by atoms with Crippen molar-refractivity contribution in [3.8, 4) is 16.5 Å². The number of benzene rings is 1. The number of anilines is 1. The summed E-state index contributed by atoms with van der Waals surface area (Å²) in [5.74, 6) is 0.385. The summed E-state index contributed by atoms with van der Waals surface area (Å²) in [5.41, 5.74) is 3.62. The number of nitrogens with zero attached hydrogens (tertiary/aromatic N) is 3. The molecule has 0 saturated carbocycles. The lowest BCUT2D eigenvalue weighted by Crippen LogP contribution is -2.13. The number of amides is 1. The molecule has 0 fully saturated rings. The van der Waals surface area contributed by atoms with Crippen molar-refractivity contribution in [3.05, 3.63) is 71.2 Å². The third-order valence-electron chi connectivity index (χ3n) is 4.00. The van der Waals surface area contributed by atoms with E-state index in [0.29, 0.717) is 22.1 Å². The second kappa shape index (κ2) is 6.61. The molecule has 4 rings (SSSR count). The molecule has 0 radical (unpaired) electrons. The quantitative estimate of drug-likeness (QED) is 0.580. The lowest BCUT2D eigenvalue weighted by molar-refractivity contribution is 0.102. The summed E-state index contributed by atoms with van der Waals surface area (Å²) >= 11 is 1.37. The molecule has 130 valence electrons. The van der Waals surface area contributed by atoms with Gasteiger partial charge in [-0.2, -0.15) is 5.10 Å². The molecule has 0 saturated heterocycles. The van der Waals surface area contributed by atoms with Crippen LogP contribution in [-0.2, 0) is 0 Å². The zero-order chi connectivity index (χ0) is 18.1. The lowest BCUT2D eigenvalue weighted by Gasteiger charge is -2.06. The van der Waals surface area contributed by atoms with Gasteiger partial charge >= 0.3 is 0 Å². The second-order valence-corrected chi connectivity index (χ2v) is 6.62. The Hall–Kier alpha value is -3.19. The smallest absolute Gasteiger partial charge is 0.275 e. The van der Waals surface area contributed by atoms with Crippen LogP contribution in [0.15, 0.2) is 58.5 Å². The number of carbonyl (C=O) groups is 1.